The summed E-state index contributed by atoms with van der Waals surface area (Å²) in [6.07, 6.45) is 2.90. The molecule has 5 heteroatoms. The highest BCUT2D eigenvalue weighted by Crippen LogP contribution is 2.28. The van der Waals surface area contributed by atoms with E-state index in [0.717, 1.165) is 27.9 Å². The van der Waals surface area contributed by atoms with Gasteiger partial charge in [0.05, 0.1) is 10.9 Å². The first-order valence-electron chi connectivity index (χ1n) is 7.28. The van der Waals surface area contributed by atoms with Crippen LogP contribution in [0, 0.1) is 0 Å². The minimum Gasteiger partial charge on any atom is -0.292 e. The number of allylic oxidation sites excluding steroid dienone is 1. The summed E-state index contributed by atoms with van der Waals surface area (Å²) in [5.41, 5.74) is 2.84. The average Bonchev–Trinajstić information content (AvgIpc) is 2.92. The van der Waals surface area contributed by atoms with Crippen LogP contribution < -0.4 is 5.56 Å². The summed E-state index contributed by atoms with van der Waals surface area (Å²) in [6.45, 7) is 0.656. The van der Waals surface area contributed by atoms with Crippen LogP contribution in [-0.4, -0.2) is 9.55 Å². The van der Waals surface area contributed by atoms with Gasteiger partial charge in [-0.3, -0.25) is 9.36 Å². The van der Waals surface area contributed by atoms with Crippen molar-refractivity contribution in [1.29, 1.82) is 0 Å². The van der Waals surface area contributed by atoms with E-state index in [1.54, 1.807) is 22.8 Å². The standard InChI is InChI=1S/C18H12BrClN2O/c19-13-3-1-2-11(9-13)8-12-6-7-22-17(12)21-16-5-4-14(20)10-15(16)18(22)23/h1-5,8-10H,6-7H2/b12-8-. The molecule has 0 amide bonds. The molecule has 0 N–H and O–H groups in total. The Labute approximate surface area is 146 Å². The molecule has 114 valence electrons. The quantitative estimate of drug-likeness (QED) is 0.603. The van der Waals surface area contributed by atoms with Crippen LogP contribution in [0.5, 0.6) is 0 Å². The number of nitrogens with zero attached hydrogens (tertiary/aromatic N) is 2. The largest absolute Gasteiger partial charge is 0.292 e. The molecule has 23 heavy (non-hydrogen) atoms. The molecular weight excluding hydrogens is 376 g/mol. The maximum absolute atomic E-state index is 12.7. The number of benzene rings is 2. The second-order valence-corrected chi connectivity index (χ2v) is 6.88. The van der Waals surface area contributed by atoms with Gasteiger partial charge in [-0.05, 0) is 54.0 Å². The van der Waals surface area contributed by atoms with Gasteiger partial charge in [-0.2, -0.15) is 0 Å². The molecule has 0 fully saturated rings. The predicted molar refractivity (Wildman–Crippen MR) is 97.6 cm³/mol. The van der Waals surface area contributed by atoms with Crippen molar-refractivity contribution in [1.82, 2.24) is 9.55 Å². The van der Waals surface area contributed by atoms with Gasteiger partial charge in [0, 0.05) is 16.0 Å². The molecule has 0 unspecified atom stereocenters. The van der Waals surface area contributed by atoms with E-state index in [9.17, 15) is 4.79 Å². The predicted octanol–water partition coefficient (Wildman–Crippen LogP) is 4.76. The second kappa shape index (κ2) is 5.62. The number of rotatable bonds is 1. The third-order valence-corrected chi connectivity index (χ3v) is 4.73. The lowest BCUT2D eigenvalue weighted by atomic mass is 10.1. The van der Waals surface area contributed by atoms with Gasteiger partial charge in [0.1, 0.15) is 5.82 Å². The highest BCUT2D eigenvalue weighted by atomic mass is 79.9. The molecule has 1 aliphatic heterocycles. The number of hydrogen-bond acceptors (Lipinski definition) is 2. The number of hydrogen-bond donors (Lipinski definition) is 0. The molecule has 1 aliphatic rings. The van der Waals surface area contributed by atoms with Crippen LogP contribution in [-0.2, 0) is 6.54 Å². The van der Waals surface area contributed by atoms with Crippen molar-refractivity contribution in [3.8, 4) is 0 Å². The molecule has 1 aromatic heterocycles. The molecule has 4 rings (SSSR count). The molecular formula is C18H12BrClN2O. The fourth-order valence-electron chi connectivity index (χ4n) is 2.92. The smallest absolute Gasteiger partial charge is 0.261 e. The van der Waals surface area contributed by atoms with Crippen LogP contribution in [0.4, 0.5) is 0 Å². The lowest BCUT2D eigenvalue weighted by molar-refractivity contribution is 0.725. The summed E-state index contributed by atoms with van der Waals surface area (Å²) in [4.78, 5) is 17.3. The van der Waals surface area contributed by atoms with E-state index in [2.05, 4.69) is 33.1 Å². The molecule has 3 nitrogen and oxygen atoms in total. The molecule has 0 spiro atoms. The van der Waals surface area contributed by atoms with Gasteiger partial charge in [-0.15, -0.1) is 0 Å². The van der Waals surface area contributed by atoms with E-state index >= 15 is 0 Å². The monoisotopic (exact) mass is 386 g/mol. The molecule has 0 saturated carbocycles. The van der Waals surface area contributed by atoms with Gasteiger partial charge in [0.25, 0.3) is 5.56 Å². The molecule has 2 aromatic carbocycles. The zero-order valence-electron chi connectivity index (χ0n) is 12.1. The Balaban J connectivity index is 1.90. The zero-order chi connectivity index (χ0) is 16.0. The van der Waals surface area contributed by atoms with Gasteiger partial charge in [-0.25, -0.2) is 4.98 Å². The SMILES string of the molecule is O=c1c2cc(Cl)ccc2nc2n1CC/C2=C/c1cccc(Br)c1. The molecule has 0 radical (unpaired) electrons. The normalized spacial score (nSPS) is 15.3. The third kappa shape index (κ3) is 2.62. The van der Waals surface area contributed by atoms with Crippen LogP contribution >= 0.6 is 27.5 Å². The first-order valence-corrected chi connectivity index (χ1v) is 8.45. The Morgan fingerprint density at radius 3 is 2.91 bits per heavy atom. The summed E-state index contributed by atoms with van der Waals surface area (Å²) in [7, 11) is 0. The summed E-state index contributed by atoms with van der Waals surface area (Å²) in [5, 5.41) is 1.13. The van der Waals surface area contributed by atoms with Gasteiger partial charge >= 0.3 is 0 Å². The van der Waals surface area contributed by atoms with E-state index in [1.165, 1.54) is 0 Å². The lowest BCUT2D eigenvalue weighted by Gasteiger charge is -2.06. The first-order chi connectivity index (χ1) is 11.1. The van der Waals surface area contributed by atoms with Crippen molar-refractivity contribution in [2.75, 3.05) is 0 Å². The van der Waals surface area contributed by atoms with Gasteiger partial charge in [0.2, 0.25) is 0 Å². The Hall–Kier alpha value is -1.91. The Bertz CT molecular complexity index is 1020. The van der Waals surface area contributed by atoms with Crippen LogP contribution in [0.2, 0.25) is 5.02 Å². The minimum atomic E-state index is -0.0230. The van der Waals surface area contributed by atoms with Crippen LogP contribution in [0.1, 0.15) is 17.8 Å². The van der Waals surface area contributed by atoms with E-state index < -0.39 is 0 Å². The first kappa shape index (κ1) is 14.7. The fraction of sp³-hybridized carbons (Fsp3) is 0.111. The summed E-state index contributed by atoms with van der Waals surface area (Å²) < 4.78 is 2.77. The topological polar surface area (TPSA) is 34.9 Å². The van der Waals surface area contributed by atoms with Crippen molar-refractivity contribution in [2.45, 2.75) is 13.0 Å². The van der Waals surface area contributed by atoms with Gasteiger partial charge in [0.15, 0.2) is 0 Å². The van der Waals surface area contributed by atoms with E-state index in [4.69, 9.17) is 11.6 Å². The summed E-state index contributed by atoms with van der Waals surface area (Å²) in [6, 6.07) is 13.3. The zero-order valence-corrected chi connectivity index (χ0v) is 14.4. The molecule has 0 aliphatic carbocycles. The van der Waals surface area contributed by atoms with Crippen molar-refractivity contribution in [3.63, 3.8) is 0 Å². The number of aromatic nitrogens is 2. The van der Waals surface area contributed by atoms with Crippen molar-refractivity contribution >= 4 is 50.1 Å². The Morgan fingerprint density at radius 2 is 2.09 bits per heavy atom. The molecule has 2 heterocycles. The van der Waals surface area contributed by atoms with E-state index in [1.807, 2.05) is 18.2 Å². The summed E-state index contributed by atoms with van der Waals surface area (Å²) in [5.74, 6) is 0.754. The Morgan fingerprint density at radius 1 is 1.22 bits per heavy atom. The third-order valence-electron chi connectivity index (χ3n) is 4.00. The van der Waals surface area contributed by atoms with Crippen LogP contribution in [0.3, 0.4) is 0 Å². The number of fused-ring (bicyclic) bond motifs is 2. The molecule has 0 saturated heterocycles. The lowest BCUT2D eigenvalue weighted by Crippen LogP contribution is -2.20. The molecule has 3 aromatic rings. The van der Waals surface area contributed by atoms with Crippen LogP contribution in [0.15, 0.2) is 51.7 Å². The number of halogens is 2. The van der Waals surface area contributed by atoms with E-state index in [0.29, 0.717) is 22.5 Å². The molecule has 0 bridgehead atoms. The highest BCUT2D eigenvalue weighted by Gasteiger charge is 2.20. The fourth-order valence-corrected chi connectivity index (χ4v) is 3.51. The maximum Gasteiger partial charge on any atom is 0.261 e. The Kier molecular flexibility index (Phi) is 3.58. The van der Waals surface area contributed by atoms with E-state index in [-0.39, 0.29) is 5.56 Å². The maximum atomic E-state index is 12.7. The van der Waals surface area contributed by atoms with Gasteiger partial charge in [-0.1, -0.05) is 39.7 Å². The van der Waals surface area contributed by atoms with Crippen molar-refractivity contribution in [3.05, 3.63) is 73.7 Å². The highest BCUT2D eigenvalue weighted by molar-refractivity contribution is 9.10. The second-order valence-electron chi connectivity index (χ2n) is 5.53. The van der Waals surface area contributed by atoms with Crippen molar-refractivity contribution < 1.29 is 0 Å². The van der Waals surface area contributed by atoms with Crippen molar-refractivity contribution in [2.24, 2.45) is 0 Å². The van der Waals surface area contributed by atoms with Crippen LogP contribution in [0.25, 0.3) is 22.6 Å². The molecule has 0 atom stereocenters. The van der Waals surface area contributed by atoms with Gasteiger partial charge < -0.3 is 0 Å². The summed E-state index contributed by atoms with van der Waals surface area (Å²) >= 11 is 9.48. The minimum absolute atomic E-state index is 0.0230. The average molecular weight is 388 g/mol.